The summed E-state index contributed by atoms with van der Waals surface area (Å²) in [7, 11) is 1.62. The molecule has 0 aliphatic heterocycles. The lowest BCUT2D eigenvalue weighted by molar-refractivity contribution is 0.239. The molecule has 2 rings (SSSR count). The van der Waals surface area contributed by atoms with Crippen LogP contribution in [0.3, 0.4) is 0 Å². The van der Waals surface area contributed by atoms with E-state index in [2.05, 4.69) is 16.7 Å². The van der Waals surface area contributed by atoms with Crippen molar-refractivity contribution in [3.05, 3.63) is 36.5 Å². The lowest BCUT2D eigenvalue weighted by Gasteiger charge is -2.08. The normalized spacial score (nSPS) is 15.0. The van der Waals surface area contributed by atoms with E-state index in [1.54, 1.807) is 13.3 Å². The summed E-state index contributed by atoms with van der Waals surface area (Å²) in [6.45, 7) is 0.876. The van der Waals surface area contributed by atoms with E-state index in [0.717, 1.165) is 11.5 Å². The van der Waals surface area contributed by atoms with Gasteiger partial charge in [-0.25, -0.2) is 4.79 Å². The Bertz CT molecular complexity index is 479. The summed E-state index contributed by atoms with van der Waals surface area (Å²) >= 11 is 0. The fourth-order valence-electron chi connectivity index (χ4n) is 2.47. The quantitative estimate of drug-likeness (QED) is 0.761. The van der Waals surface area contributed by atoms with Gasteiger partial charge >= 0.3 is 6.03 Å². The molecule has 5 heteroatoms. The van der Waals surface area contributed by atoms with E-state index in [-0.39, 0.29) is 6.03 Å². The van der Waals surface area contributed by atoms with E-state index in [4.69, 9.17) is 9.47 Å². The molecule has 0 spiro atoms. The highest BCUT2D eigenvalue weighted by atomic mass is 16.5. The lowest BCUT2D eigenvalue weighted by Crippen LogP contribution is -2.35. The number of rotatable bonds is 7. The van der Waals surface area contributed by atoms with Crippen molar-refractivity contribution >= 4 is 6.03 Å². The highest BCUT2D eigenvalue weighted by molar-refractivity contribution is 5.74. The van der Waals surface area contributed by atoms with E-state index < -0.39 is 0 Å². The second-order valence-electron chi connectivity index (χ2n) is 5.33. The molecule has 1 aromatic rings. The Labute approximate surface area is 131 Å². The molecular weight excluding hydrogens is 280 g/mol. The van der Waals surface area contributed by atoms with E-state index in [9.17, 15) is 4.79 Å². The number of hydrogen-bond acceptors (Lipinski definition) is 3. The SMILES string of the molecule is COc1ccc(OCCNC(=O)N/C=C/C2CCCC2)cc1. The fraction of sp³-hybridized carbons (Fsp3) is 0.471. The zero-order valence-corrected chi connectivity index (χ0v) is 13.0. The van der Waals surface area contributed by atoms with Gasteiger partial charge in [-0.3, -0.25) is 0 Å². The number of carbonyl (C=O) groups excluding carboxylic acids is 1. The van der Waals surface area contributed by atoms with Gasteiger partial charge < -0.3 is 20.1 Å². The van der Waals surface area contributed by atoms with Gasteiger partial charge in [0.15, 0.2) is 0 Å². The van der Waals surface area contributed by atoms with Gasteiger partial charge in [-0.15, -0.1) is 0 Å². The van der Waals surface area contributed by atoms with Crippen LogP contribution in [0.15, 0.2) is 36.5 Å². The van der Waals surface area contributed by atoms with Crippen molar-refractivity contribution < 1.29 is 14.3 Å². The van der Waals surface area contributed by atoms with Gasteiger partial charge in [0.2, 0.25) is 0 Å². The highest BCUT2D eigenvalue weighted by Crippen LogP contribution is 2.25. The van der Waals surface area contributed by atoms with Crippen molar-refractivity contribution in [3.8, 4) is 11.5 Å². The van der Waals surface area contributed by atoms with Crippen molar-refractivity contribution in [1.29, 1.82) is 0 Å². The number of carbonyl (C=O) groups is 1. The van der Waals surface area contributed by atoms with Crippen LogP contribution in [0.2, 0.25) is 0 Å². The van der Waals surface area contributed by atoms with Gasteiger partial charge in [-0.05, 0) is 43.0 Å². The predicted octanol–water partition coefficient (Wildman–Crippen LogP) is 3.08. The first-order valence-electron chi connectivity index (χ1n) is 7.76. The second kappa shape index (κ2) is 8.97. The van der Waals surface area contributed by atoms with Crippen molar-refractivity contribution in [2.75, 3.05) is 20.3 Å². The highest BCUT2D eigenvalue weighted by Gasteiger charge is 2.11. The van der Waals surface area contributed by atoms with Crippen LogP contribution in [0.4, 0.5) is 4.79 Å². The minimum atomic E-state index is -0.201. The number of methoxy groups -OCH3 is 1. The van der Waals surface area contributed by atoms with Crippen LogP contribution in [-0.4, -0.2) is 26.3 Å². The van der Waals surface area contributed by atoms with Gasteiger partial charge in [0.05, 0.1) is 13.7 Å². The first-order chi connectivity index (χ1) is 10.8. The summed E-state index contributed by atoms with van der Waals surface area (Å²) < 4.78 is 10.6. The molecule has 0 heterocycles. The molecule has 1 aromatic carbocycles. The van der Waals surface area contributed by atoms with Gasteiger partial charge in [0.1, 0.15) is 18.1 Å². The van der Waals surface area contributed by atoms with Gasteiger partial charge in [-0.1, -0.05) is 18.9 Å². The molecule has 2 N–H and O–H groups in total. The Morgan fingerprint density at radius 2 is 1.91 bits per heavy atom. The number of urea groups is 1. The molecular formula is C17H24N2O3. The molecule has 0 atom stereocenters. The number of hydrogen-bond donors (Lipinski definition) is 2. The number of benzene rings is 1. The Kier molecular flexibility index (Phi) is 6.61. The molecule has 0 saturated heterocycles. The molecule has 22 heavy (non-hydrogen) atoms. The van der Waals surface area contributed by atoms with Crippen LogP contribution < -0.4 is 20.1 Å². The summed E-state index contributed by atoms with van der Waals surface area (Å²) in [5, 5.41) is 5.47. The van der Waals surface area contributed by atoms with E-state index in [0.29, 0.717) is 19.1 Å². The van der Waals surface area contributed by atoms with Crippen molar-refractivity contribution in [3.63, 3.8) is 0 Å². The smallest absolute Gasteiger partial charge is 0.318 e. The standard InChI is InChI=1S/C17H24N2O3/c1-21-15-6-8-16(9-7-15)22-13-12-19-17(20)18-11-10-14-4-2-3-5-14/h6-11,14H,2-5,12-13H2,1H3,(H2,18,19,20)/b11-10+. The zero-order valence-electron chi connectivity index (χ0n) is 13.0. The summed E-state index contributed by atoms with van der Waals surface area (Å²) in [6.07, 6.45) is 8.88. The van der Waals surface area contributed by atoms with Crippen LogP contribution in [0.25, 0.3) is 0 Å². The van der Waals surface area contributed by atoms with Crippen molar-refractivity contribution in [1.82, 2.24) is 10.6 Å². The predicted molar refractivity (Wildman–Crippen MR) is 86.1 cm³/mol. The van der Waals surface area contributed by atoms with Crippen molar-refractivity contribution in [2.24, 2.45) is 5.92 Å². The molecule has 1 saturated carbocycles. The maximum Gasteiger partial charge on any atom is 0.318 e. The van der Waals surface area contributed by atoms with Crippen LogP contribution in [0, 0.1) is 5.92 Å². The lowest BCUT2D eigenvalue weighted by atomic mass is 10.1. The van der Waals surface area contributed by atoms with Gasteiger partial charge in [-0.2, -0.15) is 0 Å². The first-order valence-corrected chi connectivity index (χ1v) is 7.76. The zero-order chi connectivity index (χ0) is 15.6. The topological polar surface area (TPSA) is 59.6 Å². The second-order valence-corrected chi connectivity index (χ2v) is 5.33. The number of nitrogens with one attached hydrogen (secondary N) is 2. The first kappa shape index (κ1) is 16.2. The Morgan fingerprint density at radius 3 is 2.59 bits per heavy atom. The molecule has 1 aliphatic rings. The summed E-state index contributed by atoms with van der Waals surface area (Å²) in [5.74, 6) is 2.17. The minimum Gasteiger partial charge on any atom is -0.497 e. The molecule has 2 amide bonds. The molecule has 5 nitrogen and oxygen atoms in total. The van der Waals surface area contributed by atoms with E-state index >= 15 is 0 Å². The molecule has 0 unspecified atom stereocenters. The molecule has 1 fully saturated rings. The fourth-order valence-corrected chi connectivity index (χ4v) is 2.47. The number of amides is 2. The van der Waals surface area contributed by atoms with Gasteiger partial charge in [0.25, 0.3) is 0 Å². The molecule has 0 radical (unpaired) electrons. The third kappa shape index (κ3) is 5.68. The third-order valence-electron chi connectivity index (χ3n) is 3.70. The van der Waals surface area contributed by atoms with E-state index in [1.165, 1.54) is 25.7 Å². The Morgan fingerprint density at radius 1 is 1.23 bits per heavy atom. The maximum absolute atomic E-state index is 11.6. The van der Waals surface area contributed by atoms with E-state index in [1.807, 2.05) is 24.3 Å². The summed E-state index contributed by atoms with van der Waals surface area (Å²) in [6, 6.07) is 7.14. The van der Waals surface area contributed by atoms with Crippen molar-refractivity contribution in [2.45, 2.75) is 25.7 Å². The molecule has 0 bridgehead atoms. The average molecular weight is 304 g/mol. The van der Waals surface area contributed by atoms with Crippen LogP contribution in [0.5, 0.6) is 11.5 Å². The Hall–Kier alpha value is -2.17. The maximum atomic E-state index is 11.6. The van der Waals surface area contributed by atoms with Crippen LogP contribution >= 0.6 is 0 Å². The molecule has 1 aliphatic carbocycles. The summed E-state index contributed by atoms with van der Waals surface area (Å²) in [5.41, 5.74) is 0. The minimum absolute atomic E-state index is 0.201. The number of ether oxygens (including phenoxy) is 2. The van der Waals surface area contributed by atoms with Gasteiger partial charge in [0, 0.05) is 6.20 Å². The van der Waals surface area contributed by atoms with Crippen LogP contribution in [0.1, 0.15) is 25.7 Å². The largest absolute Gasteiger partial charge is 0.497 e. The molecule has 120 valence electrons. The van der Waals surface area contributed by atoms with Crippen LogP contribution in [-0.2, 0) is 0 Å². The Balaban J connectivity index is 1.56. The summed E-state index contributed by atoms with van der Waals surface area (Å²) in [4.78, 5) is 11.6. The third-order valence-corrected chi connectivity index (χ3v) is 3.70. The average Bonchev–Trinajstić information content (AvgIpc) is 3.05. The number of allylic oxidation sites excluding steroid dienone is 1. The monoisotopic (exact) mass is 304 g/mol. The molecule has 0 aromatic heterocycles.